The van der Waals surface area contributed by atoms with Crippen LogP contribution < -0.4 is 0 Å². The maximum atomic E-state index is 8.93. The fourth-order valence-electron chi connectivity index (χ4n) is 3.37. The Bertz CT molecular complexity index is 444. The molecule has 9 nitrogen and oxygen atoms in total. The van der Waals surface area contributed by atoms with E-state index in [4.69, 9.17) is 42.2 Å². The minimum Gasteiger partial charge on any atom is -0.437 e. The molecule has 0 fully saturated rings. The van der Waals surface area contributed by atoms with Gasteiger partial charge in [0.2, 0.25) is 0 Å². The zero-order valence-corrected chi connectivity index (χ0v) is 24.6. The van der Waals surface area contributed by atoms with Crippen LogP contribution in [0.15, 0.2) is 0 Å². The van der Waals surface area contributed by atoms with Crippen molar-refractivity contribution in [1.29, 1.82) is 0 Å². The van der Waals surface area contributed by atoms with Crippen molar-refractivity contribution in [3.8, 4) is 0 Å². The second-order valence-corrected chi connectivity index (χ2v) is 26.6. The quantitative estimate of drug-likeness (QED) is 0.123. The van der Waals surface area contributed by atoms with Crippen LogP contribution in [0.1, 0.15) is 12.8 Å². The maximum Gasteiger partial charge on any atom is 0.315 e. The summed E-state index contributed by atoms with van der Waals surface area (Å²) in [6, 6.07) is 1.45. The van der Waals surface area contributed by atoms with Gasteiger partial charge < -0.3 is 42.2 Å². The van der Waals surface area contributed by atoms with Crippen molar-refractivity contribution in [2.45, 2.75) is 89.9 Å². The summed E-state index contributed by atoms with van der Waals surface area (Å²) in [6.07, 6.45) is -1.52. The van der Waals surface area contributed by atoms with Crippen molar-refractivity contribution < 1.29 is 42.2 Å². The molecular formula is C18H46O9Si4. The van der Waals surface area contributed by atoms with Crippen molar-refractivity contribution >= 4 is 33.8 Å². The van der Waals surface area contributed by atoms with E-state index in [0.29, 0.717) is 26.1 Å². The Morgan fingerprint density at radius 3 is 1.13 bits per heavy atom. The number of aliphatic hydroxyl groups is 4. The average Bonchev–Trinajstić information content (AvgIpc) is 2.49. The highest BCUT2D eigenvalue weighted by atomic mass is 28.5. The monoisotopic (exact) mass is 518 g/mol. The van der Waals surface area contributed by atoms with Gasteiger partial charge in [-0.2, -0.15) is 0 Å². The summed E-state index contributed by atoms with van der Waals surface area (Å²) in [4.78, 5) is 0. The Labute approximate surface area is 192 Å². The molecule has 0 aliphatic rings. The number of ether oxygens (including phenoxy) is 2. The van der Waals surface area contributed by atoms with Gasteiger partial charge in [0.1, 0.15) is 0 Å². The number of hydrogen-bond acceptors (Lipinski definition) is 9. The van der Waals surface area contributed by atoms with Gasteiger partial charge in [0.05, 0.1) is 13.2 Å². The van der Waals surface area contributed by atoms with Crippen LogP contribution in [0.4, 0.5) is 0 Å². The summed E-state index contributed by atoms with van der Waals surface area (Å²) >= 11 is 0. The van der Waals surface area contributed by atoms with Crippen LogP contribution in [-0.2, 0) is 21.8 Å². The van der Waals surface area contributed by atoms with Crippen molar-refractivity contribution in [1.82, 2.24) is 0 Å². The van der Waals surface area contributed by atoms with Crippen LogP contribution in [0.2, 0.25) is 64.5 Å². The lowest BCUT2D eigenvalue weighted by Crippen LogP contribution is -2.58. The summed E-state index contributed by atoms with van der Waals surface area (Å²) in [5.41, 5.74) is 0. The first-order chi connectivity index (χ1) is 14.0. The summed E-state index contributed by atoms with van der Waals surface area (Å²) in [5, 5.41) is 35.7. The molecule has 0 saturated heterocycles. The third-order valence-electron chi connectivity index (χ3n) is 3.85. The maximum absolute atomic E-state index is 8.93. The normalized spacial score (nSPS) is 17.2. The van der Waals surface area contributed by atoms with Gasteiger partial charge in [-0.15, -0.1) is 0 Å². The van der Waals surface area contributed by atoms with Gasteiger partial charge in [0.25, 0.3) is 0 Å². The molecule has 31 heavy (non-hydrogen) atoms. The Balaban J connectivity index is 5.21. The van der Waals surface area contributed by atoms with Crippen LogP contribution in [-0.4, -0.2) is 93.2 Å². The molecular weight excluding hydrogens is 473 g/mol. The van der Waals surface area contributed by atoms with Gasteiger partial charge in [-0.1, -0.05) is 0 Å². The van der Waals surface area contributed by atoms with Crippen LogP contribution >= 0.6 is 0 Å². The zero-order valence-electron chi connectivity index (χ0n) is 20.6. The summed E-state index contributed by atoms with van der Waals surface area (Å²) in [5.74, 6) is 0. The number of rotatable bonds is 18. The molecule has 0 heterocycles. The number of aliphatic hydroxyl groups excluding tert-OH is 2. The van der Waals surface area contributed by atoms with E-state index in [1.807, 2.05) is 0 Å². The van der Waals surface area contributed by atoms with Crippen LogP contribution in [0.5, 0.6) is 0 Å². The first kappa shape index (κ1) is 31.5. The lowest BCUT2D eigenvalue weighted by atomic mass is 10.5. The standard InChI is InChI=1S/C18H46O9Si4/c1-28(2,3)25-30(7,13-9-11-23-15-17(19)20)27-31(8,26-29(4,5)6)14-10-12-24-16-18(21)22/h17-22H,9-16H2,1-8H3. The molecule has 0 aromatic rings. The predicted molar refractivity (Wildman–Crippen MR) is 130 cm³/mol. The lowest BCUT2D eigenvalue weighted by molar-refractivity contribution is -0.0947. The first-order valence-corrected chi connectivity index (χ1v) is 22.8. The third-order valence-corrected chi connectivity index (χ3v) is 18.2. The molecule has 0 aromatic carbocycles. The van der Waals surface area contributed by atoms with Crippen molar-refractivity contribution in [3.05, 3.63) is 0 Å². The van der Waals surface area contributed by atoms with Gasteiger partial charge >= 0.3 is 17.1 Å². The Morgan fingerprint density at radius 2 is 0.871 bits per heavy atom. The smallest absolute Gasteiger partial charge is 0.315 e. The Morgan fingerprint density at radius 1 is 0.548 bits per heavy atom. The van der Waals surface area contributed by atoms with E-state index in [0.717, 1.165) is 12.1 Å². The van der Waals surface area contributed by atoms with E-state index in [1.54, 1.807) is 0 Å². The fourth-order valence-corrected chi connectivity index (χ4v) is 21.7. The first-order valence-electron chi connectivity index (χ1n) is 10.9. The molecule has 0 spiro atoms. The van der Waals surface area contributed by atoms with E-state index in [1.165, 1.54) is 0 Å². The molecule has 0 aliphatic carbocycles. The zero-order chi connectivity index (χ0) is 24.3. The second-order valence-electron chi connectivity index (χ2n) is 10.1. The minimum absolute atomic E-state index is 0.109. The van der Waals surface area contributed by atoms with Crippen LogP contribution in [0.25, 0.3) is 0 Å². The summed E-state index contributed by atoms with van der Waals surface area (Å²) in [7, 11) is -8.94. The predicted octanol–water partition coefficient (Wildman–Crippen LogP) is 2.28. The van der Waals surface area contributed by atoms with Gasteiger partial charge in [0, 0.05) is 13.2 Å². The van der Waals surface area contributed by atoms with Gasteiger partial charge in [-0.3, -0.25) is 0 Å². The largest absolute Gasteiger partial charge is 0.437 e. The van der Waals surface area contributed by atoms with Crippen LogP contribution in [0, 0.1) is 0 Å². The van der Waals surface area contributed by atoms with Gasteiger partial charge in [0.15, 0.2) is 29.2 Å². The molecule has 0 radical (unpaired) electrons. The van der Waals surface area contributed by atoms with E-state index in [-0.39, 0.29) is 13.2 Å². The summed E-state index contributed by atoms with van der Waals surface area (Å²) < 4.78 is 30.6. The molecule has 188 valence electrons. The highest BCUT2D eigenvalue weighted by molar-refractivity contribution is 6.89. The molecule has 0 saturated carbocycles. The third kappa shape index (κ3) is 18.6. The van der Waals surface area contributed by atoms with E-state index in [2.05, 4.69) is 52.4 Å². The van der Waals surface area contributed by atoms with Crippen molar-refractivity contribution in [2.75, 3.05) is 26.4 Å². The van der Waals surface area contributed by atoms with Crippen molar-refractivity contribution in [3.63, 3.8) is 0 Å². The molecule has 2 unspecified atom stereocenters. The molecule has 4 N–H and O–H groups in total. The Hall–Kier alpha value is 0.508. The second kappa shape index (κ2) is 14.0. The van der Waals surface area contributed by atoms with Gasteiger partial charge in [-0.25, -0.2) is 0 Å². The minimum atomic E-state index is -2.59. The topological polar surface area (TPSA) is 127 Å². The molecule has 0 aromatic heterocycles. The van der Waals surface area contributed by atoms with E-state index < -0.39 is 46.3 Å². The average molecular weight is 519 g/mol. The Kier molecular flexibility index (Phi) is 14.3. The molecule has 13 heteroatoms. The lowest BCUT2D eigenvalue weighted by Gasteiger charge is -2.43. The SMILES string of the molecule is C[Si](C)(C)O[Si](C)(CCCOCC(O)O)O[Si](C)(CCCOCC(O)O)O[Si](C)(C)C. The number of hydrogen-bond donors (Lipinski definition) is 4. The molecule has 2 atom stereocenters. The molecule has 0 aliphatic heterocycles. The summed E-state index contributed by atoms with van der Waals surface area (Å²) in [6.45, 7) is 17.6. The van der Waals surface area contributed by atoms with Gasteiger partial charge in [-0.05, 0) is 77.3 Å². The molecule has 0 rings (SSSR count). The highest BCUT2D eigenvalue weighted by Gasteiger charge is 2.46. The van der Waals surface area contributed by atoms with E-state index in [9.17, 15) is 0 Å². The molecule has 0 amide bonds. The van der Waals surface area contributed by atoms with Crippen LogP contribution in [0.3, 0.4) is 0 Å². The van der Waals surface area contributed by atoms with E-state index >= 15 is 0 Å². The fraction of sp³-hybridized carbons (Fsp3) is 1.00. The highest BCUT2D eigenvalue weighted by Crippen LogP contribution is 2.30. The van der Waals surface area contributed by atoms with Crippen molar-refractivity contribution in [2.24, 2.45) is 0 Å². The molecule has 0 bridgehead atoms.